The lowest BCUT2D eigenvalue weighted by Crippen LogP contribution is -2.57. The number of esters is 1. The third kappa shape index (κ3) is 14.2. The molecule has 1 aromatic carbocycles. The molecule has 3 N–H and O–H groups in total. The summed E-state index contributed by atoms with van der Waals surface area (Å²) in [5.74, 6) is -2.87. The van der Waals surface area contributed by atoms with E-state index < -0.39 is 63.3 Å². The van der Waals surface area contributed by atoms with Crippen molar-refractivity contribution in [2.45, 2.75) is 103 Å². The first-order valence-electron chi connectivity index (χ1n) is 15.7. The largest absolute Gasteiger partial charge is 0.458 e. The molecule has 13 nitrogen and oxygen atoms in total. The van der Waals surface area contributed by atoms with Crippen molar-refractivity contribution >= 4 is 39.6 Å². The Balaban J connectivity index is 2.03. The van der Waals surface area contributed by atoms with Crippen LogP contribution < -0.4 is 16.0 Å². The molecule has 1 aromatic rings. The number of unbranched alkanes of at least 4 members (excludes halogenated alkanes) is 1. The first-order chi connectivity index (χ1) is 21.5. The van der Waals surface area contributed by atoms with Crippen LogP contribution in [0, 0.1) is 5.92 Å². The van der Waals surface area contributed by atoms with Gasteiger partial charge in [0.2, 0.25) is 17.7 Å². The van der Waals surface area contributed by atoms with E-state index in [1.807, 2.05) is 30.3 Å². The highest BCUT2D eigenvalue weighted by molar-refractivity contribution is 7.90. The molecule has 0 saturated carbocycles. The van der Waals surface area contributed by atoms with Gasteiger partial charge in [-0.05, 0) is 64.4 Å². The number of ether oxygens (including phenoxy) is 2. The summed E-state index contributed by atoms with van der Waals surface area (Å²) < 4.78 is 33.9. The van der Waals surface area contributed by atoms with E-state index >= 15 is 0 Å². The molecular formula is C32H50N4O9S. The Kier molecular flexibility index (Phi) is 15.0. The molecule has 1 fully saturated rings. The summed E-state index contributed by atoms with van der Waals surface area (Å²) in [6, 6.07) is 6.42. The van der Waals surface area contributed by atoms with Crippen LogP contribution in [0.15, 0.2) is 30.3 Å². The molecule has 4 amide bonds. The van der Waals surface area contributed by atoms with Gasteiger partial charge in [-0.2, -0.15) is 0 Å². The lowest BCUT2D eigenvalue weighted by Gasteiger charge is -2.32. The molecule has 0 bridgehead atoms. The van der Waals surface area contributed by atoms with E-state index in [-0.39, 0.29) is 37.7 Å². The standard InChI is InChI=1S/C32H50N4O9S/c1-22(2)27(29(39)36-19-12-16-25(36)30(40)45-32(3,4)5)35-28(38)24(34-26(37)17-20-46(6,42)43)15-10-11-18-33-31(41)44-21-23-13-8-7-9-14-23/h7-9,13-14,22,24-25,27H,10-12,15-21H2,1-6H3,(H,33,41)(H,34,37)(H,35,38)/t24-,25-,27-/m0/s1. The molecule has 0 radical (unpaired) electrons. The Hall–Kier alpha value is -3.68. The Morgan fingerprint density at radius 3 is 2.30 bits per heavy atom. The predicted octanol–water partition coefficient (Wildman–Crippen LogP) is 2.48. The van der Waals surface area contributed by atoms with Crippen molar-refractivity contribution < 1.29 is 41.9 Å². The SMILES string of the molecule is CC(C)[C@H](NC(=O)[C@H](CCCCNC(=O)OCc1ccccc1)NC(=O)CCS(C)(=O)=O)C(=O)N1CCC[C@H]1C(=O)OC(C)(C)C. The number of amides is 4. The van der Waals surface area contributed by atoms with Crippen LogP contribution >= 0.6 is 0 Å². The Morgan fingerprint density at radius 1 is 1.02 bits per heavy atom. The predicted molar refractivity (Wildman–Crippen MR) is 172 cm³/mol. The number of benzene rings is 1. The number of alkyl carbamates (subject to hydrolysis) is 1. The minimum absolute atomic E-state index is 0.125. The molecule has 3 atom stereocenters. The minimum Gasteiger partial charge on any atom is -0.458 e. The van der Waals surface area contributed by atoms with Crippen LogP contribution in [0.2, 0.25) is 0 Å². The van der Waals surface area contributed by atoms with Gasteiger partial charge in [0, 0.05) is 25.8 Å². The summed E-state index contributed by atoms with van der Waals surface area (Å²) in [7, 11) is -3.41. The lowest BCUT2D eigenvalue weighted by atomic mass is 10.0. The first-order valence-corrected chi connectivity index (χ1v) is 17.8. The van der Waals surface area contributed by atoms with Gasteiger partial charge in [0.05, 0.1) is 5.75 Å². The van der Waals surface area contributed by atoms with E-state index in [2.05, 4.69) is 16.0 Å². The summed E-state index contributed by atoms with van der Waals surface area (Å²) >= 11 is 0. The Bertz CT molecular complexity index is 1300. The van der Waals surface area contributed by atoms with Crippen molar-refractivity contribution in [1.82, 2.24) is 20.9 Å². The monoisotopic (exact) mass is 666 g/mol. The van der Waals surface area contributed by atoms with Crippen LogP contribution in [0.4, 0.5) is 4.79 Å². The van der Waals surface area contributed by atoms with E-state index in [9.17, 15) is 32.4 Å². The van der Waals surface area contributed by atoms with Crippen LogP contribution in [0.5, 0.6) is 0 Å². The molecule has 258 valence electrons. The second-order valence-corrected chi connectivity index (χ2v) is 15.2. The Labute approximate surface area is 272 Å². The van der Waals surface area contributed by atoms with Gasteiger partial charge >= 0.3 is 12.1 Å². The van der Waals surface area contributed by atoms with Gasteiger partial charge in [-0.1, -0.05) is 44.2 Å². The van der Waals surface area contributed by atoms with Gasteiger partial charge in [-0.25, -0.2) is 18.0 Å². The topological polar surface area (TPSA) is 177 Å². The van der Waals surface area contributed by atoms with Crippen molar-refractivity contribution in [2.75, 3.05) is 25.1 Å². The fraction of sp³-hybridized carbons (Fsp3) is 0.656. The maximum atomic E-state index is 13.7. The normalized spacial score (nSPS) is 16.3. The maximum Gasteiger partial charge on any atom is 0.407 e. The van der Waals surface area contributed by atoms with Crippen LogP contribution in [-0.4, -0.2) is 91.9 Å². The molecule has 2 rings (SSSR count). The van der Waals surface area contributed by atoms with E-state index in [4.69, 9.17) is 9.47 Å². The third-order valence-electron chi connectivity index (χ3n) is 7.20. The van der Waals surface area contributed by atoms with Crippen molar-refractivity contribution in [1.29, 1.82) is 0 Å². The Morgan fingerprint density at radius 2 is 1.70 bits per heavy atom. The second-order valence-electron chi connectivity index (χ2n) is 12.9. The quantitative estimate of drug-likeness (QED) is 0.177. The molecule has 0 aromatic heterocycles. The average Bonchev–Trinajstić information content (AvgIpc) is 3.46. The molecule has 1 aliphatic rings. The fourth-order valence-electron chi connectivity index (χ4n) is 4.84. The molecule has 0 aliphatic carbocycles. The number of nitrogens with one attached hydrogen (secondary N) is 3. The smallest absolute Gasteiger partial charge is 0.407 e. The number of hydrogen-bond donors (Lipinski definition) is 3. The minimum atomic E-state index is -3.41. The average molecular weight is 667 g/mol. The summed E-state index contributed by atoms with van der Waals surface area (Å²) in [6.07, 6.45) is 2.21. The van der Waals surface area contributed by atoms with Crippen LogP contribution in [-0.2, 0) is 45.1 Å². The zero-order chi connectivity index (χ0) is 34.5. The number of likely N-dealkylation sites (tertiary alicyclic amines) is 1. The summed E-state index contributed by atoms with van der Waals surface area (Å²) in [6.45, 7) is 9.52. The van der Waals surface area contributed by atoms with Gasteiger partial charge in [-0.3, -0.25) is 14.4 Å². The van der Waals surface area contributed by atoms with Crippen LogP contribution in [0.25, 0.3) is 0 Å². The molecule has 1 saturated heterocycles. The first kappa shape index (κ1) is 38.5. The third-order valence-corrected chi connectivity index (χ3v) is 8.14. The van der Waals surface area contributed by atoms with Gasteiger partial charge < -0.3 is 30.3 Å². The lowest BCUT2D eigenvalue weighted by molar-refractivity contribution is -0.163. The summed E-state index contributed by atoms with van der Waals surface area (Å²) in [5.41, 5.74) is 0.127. The number of sulfone groups is 1. The highest BCUT2D eigenvalue weighted by Crippen LogP contribution is 2.23. The van der Waals surface area contributed by atoms with Crippen LogP contribution in [0.1, 0.15) is 78.7 Å². The molecular weight excluding hydrogens is 616 g/mol. The molecule has 1 heterocycles. The van der Waals surface area contributed by atoms with Crippen molar-refractivity contribution in [3.05, 3.63) is 35.9 Å². The molecule has 14 heteroatoms. The molecule has 46 heavy (non-hydrogen) atoms. The van der Waals surface area contributed by atoms with Gasteiger partial charge in [-0.15, -0.1) is 0 Å². The zero-order valence-electron chi connectivity index (χ0n) is 27.8. The van der Waals surface area contributed by atoms with Gasteiger partial charge in [0.15, 0.2) is 0 Å². The highest BCUT2D eigenvalue weighted by atomic mass is 32.2. The fourth-order valence-corrected chi connectivity index (χ4v) is 5.40. The summed E-state index contributed by atoms with van der Waals surface area (Å²) in [4.78, 5) is 66.1. The number of carbonyl (C=O) groups excluding carboxylic acids is 5. The molecule has 1 aliphatic heterocycles. The summed E-state index contributed by atoms with van der Waals surface area (Å²) in [5, 5.41) is 8.02. The van der Waals surface area contributed by atoms with Gasteiger partial charge in [0.25, 0.3) is 0 Å². The van der Waals surface area contributed by atoms with Crippen molar-refractivity contribution in [3.63, 3.8) is 0 Å². The zero-order valence-corrected chi connectivity index (χ0v) is 28.6. The van der Waals surface area contributed by atoms with Crippen molar-refractivity contribution in [2.24, 2.45) is 5.92 Å². The maximum absolute atomic E-state index is 13.7. The number of nitrogens with zero attached hydrogens (tertiary/aromatic N) is 1. The van der Waals surface area contributed by atoms with Gasteiger partial charge in [0.1, 0.15) is 40.2 Å². The van der Waals surface area contributed by atoms with E-state index in [1.54, 1.807) is 34.6 Å². The van der Waals surface area contributed by atoms with E-state index in [0.717, 1.165) is 11.8 Å². The second kappa shape index (κ2) is 17.9. The highest BCUT2D eigenvalue weighted by Gasteiger charge is 2.41. The molecule has 0 spiro atoms. The van der Waals surface area contributed by atoms with Crippen molar-refractivity contribution in [3.8, 4) is 0 Å². The van der Waals surface area contributed by atoms with E-state index in [1.165, 1.54) is 4.90 Å². The molecule has 0 unspecified atom stereocenters. The van der Waals surface area contributed by atoms with Crippen LogP contribution in [0.3, 0.4) is 0 Å². The number of rotatable bonds is 16. The van der Waals surface area contributed by atoms with E-state index in [0.29, 0.717) is 32.2 Å². The number of hydrogen-bond acceptors (Lipinski definition) is 9. The number of carbonyl (C=O) groups is 5.